The molecule has 0 saturated heterocycles. The van der Waals surface area contributed by atoms with Crippen LogP contribution in [0.15, 0.2) is 29.4 Å². The molecule has 3 N–H and O–H groups in total. The lowest BCUT2D eigenvalue weighted by Gasteiger charge is -2.13. The lowest BCUT2D eigenvalue weighted by atomic mass is 10.2. The van der Waals surface area contributed by atoms with E-state index < -0.39 is 10.0 Å². The molecule has 2 aromatic rings. The van der Waals surface area contributed by atoms with Crippen molar-refractivity contribution in [2.75, 3.05) is 5.73 Å². The van der Waals surface area contributed by atoms with Gasteiger partial charge in [0.15, 0.2) is 10.8 Å². The summed E-state index contributed by atoms with van der Waals surface area (Å²) < 4.78 is 28.8. The first-order valence-corrected chi connectivity index (χ1v) is 7.69. The second kappa shape index (κ2) is 5.18. The van der Waals surface area contributed by atoms with Gasteiger partial charge in [0.1, 0.15) is 5.65 Å². The summed E-state index contributed by atoms with van der Waals surface area (Å²) in [7, 11) is -3.67. The van der Waals surface area contributed by atoms with Crippen molar-refractivity contribution in [3.63, 3.8) is 0 Å². The van der Waals surface area contributed by atoms with Crippen molar-refractivity contribution < 1.29 is 8.42 Å². The van der Waals surface area contributed by atoms with Gasteiger partial charge in [0, 0.05) is 12.2 Å². The Morgan fingerprint density at radius 3 is 2.89 bits per heavy atom. The van der Waals surface area contributed by atoms with E-state index in [0.717, 1.165) is 12.8 Å². The van der Waals surface area contributed by atoms with E-state index >= 15 is 0 Å². The van der Waals surface area contributed by atoms with Crippen LogP contribution in [0.3, 0.4) is 0 Å². The number of aromatic nitrogens is 2. The number of rotatable bonds is 5. The number of nitrogens with two attached hydrogens (primary N) is 1. The minimum absolute atomic E-state index is 0.00560. The van der Waals surface area contributed by atoms with Crippen LogP contribution in [0.4, 0.5) is 5.82 Å². The van der Waals surface area contributed by atoms with E-state index in [1.807, 2.05) is 13.8 Å². The lowest BCUT2D eigenvalue weighted by Crippen LogP contribution is -2.33. The van der Waals surface area contributed by atoms with Crippen LogP contribution in [0.5, 0.6) is 0 Å². The second-order valence-electron chi connectivity index (χ2n) is 4.54. The van der Waals surface area contributed by atoms with Crippen LogP contribution in [-0.4, -0.2) is 23.8 Å². The van der Waals surface area contributed by atoms with E-state index in [-0.39, 0.29) is 16.9 Å². The Morgan fingerprint density at radius 1 is 1.47 bits per heavy atom. The van der Waals surface area contributed by atoms with Gasteiger partial charge in [-0.3, -0.25) is 4.40 Å². The molecule has 1 unspecified atom stereocenters. The SMILES string of the molecule is CCCC(C)NS(=O)(=O)c1c(N)nc2ccccn12. The molecule has 2 heterocycles. The predicted octanol–water partition coefficient (Wildman–Crippen LogP) is 1.38. The van der Waals surface area contributed by atoms with Gasteiger partial charge in [-0.25, -0.2) is 18.1 Å². The van der Waals surface area contributed by atoms with Crippen molar-refractivity contribution in [2.45, 2.75) is 37.8 Å². The molecule has 1 atom stereocenters. The molecule has 19 heavy (non-hydrogen) atoms. The highest BCUT2D eigenvalue weighted by molar-refractivity contribution is 7.89. The number of nitrogen functional groups attached to an aromatic ring is 1. The molecule has 0 amide bonds. The van der Waals surface area contributed by atoms with Gasteiger partial charge in [0.25, 0.3) is 10.0 Å². The first-order valence-electron chi connectivity index (χ1n) is 6.20. The minimum Gasteiger partial charge on any atom is -0.381 e. The summed E-state index contributed by atoms with van der Waals surface area (Å²) >= 11 is 0. The number of pyridine rings is 1. The molecule has 104 valence electrons. The van der Waals surface area contributed by atoms with Gasteiger partial charge >= 0.3 is 0 Å². The standard InChI is InChI=1S/C12H18N4O2S/c1-3-6-9(2)15-19(17,18)12-11(13)14-10-7-4-5-8-16(10)12/h4-5,7-9,15H,3,6,13H2,1-2H3. The van der Waals surface area contributed by atoms with Crippen LogP contribution in [-0.2, 0) is 10.0 Å². The van der Waals surface area contributed by atoms with Crippen molar-refractivity contribution in [2.24, 2.45) is 0 Å². The first kappa shape index (κ1) is 13.8. The molecule has 0 fully saturated rings. The van der Waals surface area contributed by atoms with E-state index in [1.165, 1.54) is 4.40 Å². The van der Waals surface area contributed by atoms with Crippen LogP contribution in [0, 0.1) is 0 Å². The summed E-state index contributed by atoms with van der Waals surface area (Å²) in [6, 6.07) is 5.10. The summed E-state index contributed by atoms with van der Waals surface area (Å²) in [4.78, 5) is 4.05. The van der Waals surface area contributed by atoms with Crippen molar-refractivity contribution in [3.05, 3.63) is 24.4 Å². The number of imidazole rings is 1. The highest BCUT2D eigenvalue weighted by Crippen LogP contribution is 2.20. The van der Waals surface area contributed by atoms with Crippen molar-refractivity contribution in [1.29, 1.82) is 0 Å². The quantitative estimate of drug-likeness (QED) is 0.867. The highest BCUT2D eigenvalue weighted by Gasteiger charge is 2.25. The number of hydrogen-bond donors (Lipinski definition) is 2. The molecule has 7 heteroatoms. The molecule has 0 radical (unpaired) electrons. The second-order valence-corrected chi connectivity index (χ2v) is 6.17. The van der Waals surface area contributed by atoms with Crippen LogP contribution in [0.25, 0.3) is 5.65 Å². The van der Waals surface area contributed by atoms with Gasteiger partial charge in [-0.15, -0.1) is 0 Å². The summed E-state index contributed by atoms with van der Waals surface area (Å²) in [5, 5.41) is 0.00560. The Kier molecular flexibility index (Phi) is 3.77. The molecule has 0 saturated carbocycles. The van der Waals surface area contributed by atoms with Gasteiger partial charge in [-0.1, -0.05) is 19.4 Å². The fourth-order valence-electron chi connectivity index (χ4n) is 2.07. The Hall–Kier alpha value is -1.60. The number of sulfonamides is 1. The van der Waals surface area contributed by atoms with Gasteiger partial charge in [0.2, 0.25) is 0 Å². The van der Waals surface area contributed by atoms with E-state index in [2.05, 4.69) is 9.71 Å². The molecular formula is C12H18N4O2S. The number of fused-ring (bicyclic) bond motifs is 1. The normalized spacial score (nSPS) is 13.8. The molecule has 0 spiro atoms. The molecule has 0 aliphatic carbocycles. The highest BCUT2D eigenvalue weighted by atomic mass is 32.2. The predicted molar refractivity (Wildman–Crippen MR) is 74.3 cm³/mol. The van der Waals surface area contributed by atoms with Crippen molar-refractivity contribution in [1.82, 2.24) is 14.1 Å². The number of anilines is 1. The first-order chi connectivity index (χ1) is 8.95. The van der Waals surface area contributed by atoms with Crippen molar-refractivity contribution in [3.8, 4) is 0 Å². The maximum Gasteiger partial charge on any atom is 0.260 e. The number of nitrogens with one attached hydrogen (secondary N) is 1. The zero-order valence-electron chi connectivity index (χ0n) is 11.0. The maximum atomic E-state index is 12.4. The molecule has 0 bridgehead atoms. The van der Waals surface area contributed by atoms with E-state index in [0.29, 0.717) is 5.65 Å². The Bertz CT molecular complexity index is 678. The van der Waals surface area contributed by atoms with Crippen LogP contribution >= 0.6 is 0 Å². The van der Waals surface area contributed by atoms with Gasteiger partial charge in [0.05, 0.1) is 0 Å². The Labute approximate surface area is 112 Å². The number of nitrogens with zero attached hydrogens (tertiary/aromatic N) is 2. The lowest BCUT2D eigenvalue weighted by molar-refractivity contribution is 0.540. The Balaban J connectivity index is 2.46. The zero-order valence-corrected chi connectivity index (χ0v) is 11.8. The summed E-state index contributed by atoms with van der Waals surface area (Å²) in [6.07, 6.45) is 3.32. The van der Waals surface area contributed by atoms with Gasteiger partial charge in [-0.2, -0.15) is 0 Å². The average molecular weight is 282 g/mol. The van der Waals surface area contributed by atoms with Crippen LogP contribution < -0.4 is 10.5 Å². The molecule has 0 aliphatic heterocycles. The molecule has 2 aromatic heterocycles. The third-order valence-corrected chi connectivity index (χ3v) is 4.47. The van der Waals surface area contributed by atoms with E-state index in [4.69, 9.17) is 5.73 Å². The topological polar surface area (TPSA) is 89.5 Å². The summed E-state index contributed by atoms with van der Waals surface area (Å²) in [6.45, 7) is 3.84. The van der Waals surface area contributed by atoms with E-state index in [1.54, 1.807) is 24.4 Å². The fraction of sp³-hybridized carbons (Fsp3) is 0.417. The molecule has 2 rings (SSSR count). The van der Waals surface area contributed by atoms with Gasteiger partial charge in [-0.05, 0) is 25.5 Å². The number of hydrogen-bond acceptors (Lipinski definition) is 4. The van der Waals surface area contributed by atoms with Gasteiger partial charge < -0.3 is 5.73 Å². The third kappa shape index (κ3) is 2.71. The third-order valence-electron chi connectivity index (χ3n) is 2.84. The molecular weight excluding hydrogens is 264 g/mol. The molecule has 0 aromatic carbocycles. The smallest absolute Gasteiger partial charge is 0.260 e. The maximum absolute atomic E-state index is 12.4. The zero-order chi connectivity index (χ0) is 14.0. The van der Waals surface area contributed by atoms with Crippen LogP contribution in [0.1, 0.15) is 26.7 Å². The van der Waals surface area contributed by atoms with E-state index in [9.17, 15) is 8.42 Å². The molecule has 0 aliphatic rings. The summed E-state index contributed by atoms with van der Waals surface area (Å²) in [5.41, 5.74) is 6.26. The van der Waals surface area contributed by atoms with Crippen molar-refractivity contribution >= 4 is 21.5 Å². The minimum atomic E-state index is -3.67. The average Bonchev–Trinajstić information content (AvgIpc) is 2.64. The Morgan fingerprint density at radius 2 is 2.21 bits per heavy atom. The monoisotopic (exact) mass is 282 g/mol. The largest absolute Gasteiger partial charge is 0.381 e. The summed E-state index contributed by atoms with van der Waals surface area (Å²) in [5.74, 6) is 0.0161. The van der Waals surface area contributed by atoms with Crippen LogP contribution in [0.2, 0.25) is 0 Å². The fourth-order valence-corrected chi connectivity index (χ4v) is 3.56. The molecule has 6 nitrogen and oxygen atoms in total.